The molecule has 0 unspecified atom stereocenters. The predicted molar refractivity (Wildman–Crippen MR) is 176 cm³/mol. The van der Waals surface area contributed by atoms with E-state index in [0.717, 1.165) is 55.2 Å². The summed E-state index contributed by atoms with van der Waals surface area (Å²) in [5.41, 5.74) is 1.85. The van der Waals surface area contributed by atoms with E-state index in [2.05, 4.69) is 17.0 Å². The molecule has 1 aliphatic carbocycles. The molecule has 4 fully saturated rings. The van der Waals surface area contributed by atoms with Crippen LogP contribution in [0.3, 0.4) is 0 Å². The van der Waals surface area contributed by atoms with Crippen LogP contribution in [-0.4, -0.2) is 92.4 Å². The molecule has 6 rings (SSSR count). The van der Waals surface area contributed by atoms with Crippen LogP contribution in [0.25, 0.3) is 0 Å². The van der Waals surface area contributed by atoms with Gasteiger partial charge in [0.15, 0.2) is 0 Å². The maximum absolute atomic E-state index is 14.3. The number of likely N-dealkylation sites (tertiary alicyclic amines) is 2. The highest BCUT2D eigenvalue weighted by Crippen LogP contribution is 2.42. The van der Waals surface area contributed by atoms with Gasteiger partial charge in [0, 0.05) is 64.0 Å². The molecule has 0 radical (unpaired) electrons. The van der Waals surface area contributed by atoms with Crippen molar-refractivity contribution in [1.82, 2.24) is 9.80 Å². The second-order valence-corrected chi connectivity index (χ2v) is 14.1. The number of ether oxygens (including phenoxy) is 2. The number of carbonyl (C=O) groups is 2. The maximum atomic E-state index is 14.3. The first kappa shape index (κ1) is 34.5. The number of carboxylic acid groups (broad SMARTS) is 1. The lowest BCUT2D eigenvalue weighted by Gasteiger charge is -2.38. The fourth-order valence-corrected chi connectivity index (χ4v) is 8.57. The van der Waals surface area contributed by atoms with Gasteiger partial charge in [-0.2, -0.15) is 13.2 Å². The molecule has 2 atom stereocenters. The lowest BCUT2D eigenvalue weighted by Crippen LogP contribution is -2.44. The molecule has 48 heavy (non-hydrogen) atoms. The molecule has 8 nitrogen and oxygen atoms in total. The summed E-state index contributed by atoms with van der Waals surface area (Å²) in [4.78, 5) is 32.2. The van der Waals surface area contributed by atoms with Crippen LogP contribution in [-0.2, 0) is 20.5 Å². The van der Waals surface area contributed by atoms with Crippen molar-refractivity contribution in [1.29, 1.82) is 0 Å². The van der Waals surface area contributed by atoms with Gasteiger partial charge in [0.05, 0.1) is 30.6 Å². The Labute approximate surface area is 281 Å². The maximum Gasteiger partial charge on any atom is 0.416 e. The average molecular weight is 672 g/mol. The summed E-state index contributed by atoms with van der Waals surface area (Å²) in [5, 5.41) is 9.44. The van der Waals surface area contributed by atoms with Crippen molar-refractivity contribution in [2.45, 2.75) is 81.5 Å². The van der Waals surface area contributed by atoms with E-state index in [1.165, 1.54) is 6.07 Å². The van der Waals surface area contributed by atoms with E-state index in [-0.39, 0.29) is 23.7 Å². The van der Waals surface area contributed by atoms with Crippen LogP contribution in [0.5, 0.6) is 5.75 Å². The summed E-state index contributed by atoms with van der Waals surface area (Å²) in [7, 11) is 3.43. The van der Waals surface area contributed by atoms with Gasteiger partial charge >= 0.3 is 12.1 Å². The highest BCUT2D eigenvalue weighted by molar-refractivity contribution is 5.81. The summed E-state index contributed by atoms with van der Waals surface area (Å²) in [6, 6.07) is 12.5. The summed E-state index contributed by atoms with van der Waals surface area (Å²) in [6.07, 6.45) is 2.15. The number of methoxy groups -OCH3 is 2. The SMILES string of the molecule is COc1ccc([C@@H]2CN([C@H]3CC[C@H](OC)CC3)C[C@H]2C(=O)N2CCC(c3ccc(C(F)(F)F)cc3N3CCC(C(=O)O)CC3)CC2)cc1. The molecule has 0 aromatic heterocycles. The van der Waals surface area contributed by atoms with Gasteiger partial charge in [0.1, 0.15) is 5.75 Å². The van der Waals surface area contributed by atoms with Gasteiger partial charge in [0.25, 0.3) is 0 Å². The number of anilines is 1. The van der Waals surface area contributed by atoms with E-state index >= 15 is 0 Å². The zero-order valence-electron chi connectivity index (χ0n) is 28.0. The molecule has 11 heteroatoms. The van der Waals surface area contributed by atoms with Gasteiger partial charge < -0.3 is 24.4 Å². The van der Waals surface area contributed by atoms with Gasteiger partial charge in [-0.1, -0.05) is 18.2 Å². The second kappa shape index (κ2) is 14.7. The number of halogens is 3. The highest BCUT2D eigenvalue weighted by Gasteiger charge is 2.44. The van der Waals surface area contributed by atoms with Gasteiger partial charge in [-0.3, -0.25) is 14.5 Å². The van der Waals surface area contributed by atoms with Crippen molar-refractivity contribution < 1.29 is 37.3 Å². The van der Waals surface area contributed by atoms with E-state index < -0.39 is 23.6 Å². The number of carbonyl (C=O) groups excluding carboxylic acids is 1. The Hall–Kier alpha value is -3.31. The molecule has 1 amide bonds. The smallest absolute Gasteiger partial charge is 0.416 e. The van der Waals surface area contributed by atoms with Gasteiger partial charge in [0.2, 0.25) is 5.91 Å². The molecule has 3 saturated heterocycles. The third-order valence-electron chi connectivity index (χ3n) is 11.5. The van der Waals surface area contributed by atoms with Gasteiger partial charge in [-0.15, -0.1) is 0 Å². The van der Waals surface area contributed by atoms with Crippen molar-refractivity contribution >= 4 is 17.6 Å². The molecule has 1 N–H and O–H groups in total. The molecule has 1 saturated carbocycles. The Morgan fingerprint density at radius 2 is 1.50 bits per heavy atom. The number of amides is 1. The number of nitrogens with zero attached hydrogens (tertiary/aromatic N) is 3. The van der Waals surface area contributed by atoms with Crippen molar-refractivity contribution in [2.24, 2.45) is 11.8 Å². The van der Waals surface area contributed by atoms with Crippen LogP contribution >= 0.6 is 0 Å². The summed E-state index contributed by atoms with van der Waals surface area (Å²) in [6.45, 7) is 3.45. The van der Waals surface area contributed by atoms with Crippen molar-refractivity contribution in [3.63, 3.8) is 0 Å². The molecular weight excluding hydrogens is 623 g/mol. The minimum absolute atomic E-state index is 0.0111. The number of carboxylic acids is 1. The molecule has 2 aromatic rings. The first-order valence-electron chi connectivity index (χ1n) is 17.4. The molecule has 2 aromatic carbocycles. The number of rotatable bonds is 8. The first-order chi connectivity index (χ1) is 23.0. The predicted octanol–water partition coefficient (Wildman–Crippen LogP) is 6.39. The zero-order chi connectivity index (χ0) is 34.0. The Morgan fingerprint density at radius 1 is 0.833 bits per heavy atom. The topological polar surface area (TPSA) is 82.6 Å². The number of hydrogen-bond donors (Lipinski definition) is 1. The van der Waals surface area contributed by atoms with Crippen molar-refractivity contribution in [3.8, 4) is 5.75 Å². The summed E-state index contributed by atoms with van der Waals surface area (Å²) < 4.78 is 52.3. The van der Waals surface area contributed by atoms with Crippen LogP contribution in [0, 0.1) is 11.8 Å². The van der Waals surface area contributed by atoms with Crippen molar-refractivity contribution in [2.75, 3.05) is 58.4 Å². The quantitative estimate of drug-likeness (QED) is 0.348. The molecule has 262 valence electrons. The normalized spacial score (nSPS) is 26.5. The lowest BCUT2D eigenvalue weighted by molar-refractivity contribution is -0.142. The Kier molecular flexibility index (Phi) is 10.6. The van der Waals surface area contributed by atoms with Crippen LogP contribution in [0.1, 0.15) is 79.9 Å². The minimum atomic E-state index is -4.47. The zero-order valence-corrected chi connectivity index (χ0v) is 28.0. The first-order valence-corrected chi connectivity index (χ1v) is 17.4. The fraction of sp³-hybridized carbons (Fsp3) is 0.622. The minimum Gasteiger partial charge on any atom is -0.497 e. The number of hydrogen-bond acceptors (Lipinski definition) is 6. The number of benzene rings is 2. The number of aliphatic carboxylic acids is 1. The number of piperidine rings is 2. The monoisotopic (exact) mass is 671 g/mol. The summed E-state index contributed by atoms with van der Waals surface area (Å²) in [5.74, 6) is -0.482. The van der Waals surface area contributed by atoms with Gasteiger partial charge in [-0.05, 0) is 92.7 Å². The standard InChI is InChI=1S/C37H48F3N3O5/c1-47-29-8-3-24(4-9-29)32-22-43(28-6-10-30(48-2)11-7-28)23-33(32)35(44)42-19-13-25(14-20-42)31-12-5-27(37(38,39)40)21-34(31)41-17-15-26(16-18-41)36(45)46/h3-5,8-9,12,21,25-26,28,30,32-33H,6-7,10-11,13-20,22-23H2,1-2H3,(H,45,46)/t28-,30-,32-,33+/m0/s1. The Bertz CT molecular complexity index is 1410. The third kappa shape index (κ3) is 7.47. The van der Waals surface area contributed by atoms with E-state index in [9.17, 15) is 27.9 Å². The van der Waals surface area contributed by atoms with E-state index in [4.69, 9.17) is 9.47 Å². The largest absolute Gasteiger partial charge is 0.497 e. The summed E-state index contributed by atoms with van der Waals surface area (Å²) >= 11 is 0. The van der Waals surface area contributed by atoms with Gasteiger partial charge in [-0.25, -0.2) is 0 Å². The molecule has 4 aliphatic rings. The number of alkyl halides is 3. The average Bonchev–Trinajstić information content (AvgIpc) is 3.56. The van der Waals surface area contributed by atoms with Crippen LogP contribution < -0.4 is 9.64 Å². The van der Waals surface area contributed by atoms with E-state index in [0.29, 0.717) is 76.2 Å². The third-order valence-corrected chi connectivity index (χ3v) is 11.5. The van der Waals surface area contributed by atoms with E-state index in [1.54, 1.807) is 20.3 Å². The van der Waals surface area contributed by atoms with Crippen LogP contribution in [0.15, 0.2) is 42.5 Å². The highest BCUT2D eigenvalue weighted by atomic mass is 19.4. The fourth-order valence-electron chi connectivity index (χ4n) is 8.57. The lowest BCUT2D eigenvalue weighted by atomic mass is 9.84. The molecule has 3 aliphatic heterocycles. The van der Waals surface area contributed by atoms with Crippen LogP contribution in [0.4, 0.5) is 18.9 Å². The van der Waals surface area contributed by atoms with E-state index in [1.807, 2.05) is 21.9 Å². The second-order valence-electron chi connectivity index (χ2n) is 14.1. The van der Waals surface area contributed by atoms with Crippen molar-refractivity contribution in [3.05, 3.63) is 59.2 Å². The Morgan fingerprint density at radius 3 is 2.08 bits per heavy atom. The molecular formula is C37H48F3N3O5. The molecule has 0 spiro atoms. The Balaban J connectivity index is 1.17. The van der Waals surface area contributed by atoms with Crippen LogP contribution in [0.2, 0.25) is 0 Å². The molecule has 0 bridgehead atoms. The molecule has 3 heterocycles.